The number of hydrogen-bond donors (Lipinski definition) is 4. The highest BCUT2D eigenvalue weighted by Crippen LogP contribution is 1.85. The van der Waals surface area contributed by atoms with Crippen molar-refractivity contribution in [2.24, 2.45) is 0 Å². The molecule has 0 atom stereocenters. The zero-order chi connectivity index (χ0) is 17.4. The van der Waals surface area contributed by atoms with Crippen LogP contribution in [0.15, 0.2) is 0 Å². The molecule has 0 saturated carbocycles. The SMILES string of the molecule is CN(CC(=O)NCCS(=O)(=O)O)CC(=O)NCCS(=O)(=O)O. The minimum absolute atomic E-state index is 0.197. The smallest absolute Gasteiger partial charge is 0.266 e. The molecule has 4 N–H and O–H groups in total. The second-order valence-electron chi connectivity index (χ2n) is 4.44. The minimum Gasteiger partial charge on any atom is -0.354 e. The van der Waals surface area contributed by atoms with Crippen LogP contribution >= 0.6 is 0 Å². The van der Waals surface area contributed by atoms with Gasteiger partial charge in [-0.05, 0) is 7.05 Å². The Morgan fingerprint density at radius 1 is 0.864 bits per heavy atom. The molecule has 22 heavy (non-hydrogen) atoms. The average Bonchev–Trinajstić information content (AvgIpc) is 2.24. The standard InChI is InChI=1S/C9H19N3O8S2/c1-12(6-8(13)10-2-4-21(15,16)17)7-9(14)11-3-5-22(18,19)20/h2-7H2,1H3,(H,10,13)(H,11,14)(H,15,16,17)(H,18,19,20). The lowest BCUT2D eigenvalue weighted by Gasteiger charge is -2.15. The molecule has 0 bridgehead atoms. The molecule has 0 heterocycles. The number of carbonyl (C=O) groups is 2. The molecule has 0 saturated heterocycles. The Bertz CT molecular complexity index is 534. The van der Waals surface area contributed by atoms with Crippen molar-refractivity contribution < 1.29 is 35.5 Å². The quantitative estimate of drug-likeness (QED) is 0.295. The van der Waals surface area contributed by atoms with Gasteiger partial charge in [-0.3, -0.25) is 23.6 Å². The molecule has 2 amide bonds. The monoisotopic (exact) mass is 361 g/mol. The van der Waals surface area contributed by atoms with E-state index in [1.54, 1.807) is 0 Å². The van der Waals surface area contributed by atoms with Gasteiger partial charge in [0.1, 0.15) is 0 Å². The Kier molecular flexibility index (Phi) is 8.47. The molecule has 0 spiro atoms. The van der Waals surface area contributed by atoms with Crippen LogP contribution in [0.1, 0.15) is 0 Å². The third kappa shape index (κ3) is 13.7. The van der Waals surface area contributed by atoms with Crippen molar-refractivity contribution in [1.82, 2.24) is 15.5 Å². The average molecular weight is 361 g/mol. The van der Waals surface area contributed by atoms with Gasteiger partial charge in [-0.2, -0.15) is 16.8 Å². The lowest BCUT2D eigenvalue weighted by molar-refractivity contribution is -0.124. The van der Waals surface area contributed by atoms with Crippen LogP contribution in [-0.2, 0) is 29.8 Å². The van der Waals surface area contributed by atoms with Crippen molar-refractivity contribution in [3.63, 3.8) is 0 Å². The van der Waals surface area contributed by atoms with Gasteiger partial charge in [0.05, 0.1) is 24.6 Å². The lowest BCUT2D eigenvalue weighted by atomic mass is 10.4. The third-order valence-electron chi connectivity index (χ3n) is 2.19. The van der Waals surface area contributed by atoms with Crippen LogP contribution in [0.25, 0.3) is 0 Å². The number of nitrogens with one attached hydrogen (secondary N) is 2. The first-order valence-corrected chi connectivity index (χ1v) is 9.23. The minimum atomic E-state index is -4.15. The largest absolute Gasteiger partial charge is 0.354 e. The topological polar surface area (TPSA) is 170 Å². The van der Waals surface area contributed by atoms with Crippen LogP contribution in [0.5, 0.6) is 0 Å². The summed E-state index contributed by atoms with van der Waals surface area (Å²) in [5, 5.41) is 4.49. The van der Waals surface area contributed by atoms with Crippen molar-refractivity contribution in [2.45, 2.75) is 0 Å². The van der Waals surface area contributed by atoms with Gasteiger partial charge in [0.25, 0.3) is 20.2 Å². The molecule has 0 unspecified atom stereocenters. The highest BCUT2D eigenvalue weighted by atomic mass is 32.2. The van der Waals surface area contributed by atoms with Crippen molar-refractivity contribution in [2.75, 3.05) is 44.7 Å². The number of rotatable bonds is 10. The van der Waals surface area contributed by atoms with Gasteiger partial charge < -0.3 is 10.6 Å². The maximum Gasteiger partial charge on any atom is 0.266 e. The zero-order valence-electron chi connectivity index (χ0n) is 11.9. The molecular formula is C9H19N3O8S2. The molecule has 0 radical (unpaired) electrons. The van der Waals surface area contributed by atoms with E-state index in [1.807, 2.05) is 0 Å². The molecule has 11 nitrogen and oxygen atoms in total. The van der Waals surface area contributed by atoms with Gasteiger partial charge in [0.2, 0.25) is 11.8 Å². The molecule has 0 aromatic heterocycles. The van der Waals surface area contributed by atoms with E-state index >= 15 is 0 Å². The number of hydrogen-bond acceptors (Lipinski definition) is 7. The fourth-order valence-corrected chi connectivity index (χ4v) is 2.02. The van der Waals surface area contributed by atoms with Crippen LogP contribution in [-0.4, -0.2) is 87.4 Å². The van der Waals surface area contributed by atoms with Gasteiger partial charge >= 0.3 is 0 Å². The van der Waals surface area contributed by atoms with Crippen molar-refractivity contribution >= 4 is 32.1 Å². The Morgan fingerprint density at radius 3 is 1.45 bits per heavy atom. The highest BCUT2D eigenvalue weighted by Gasteiger charge is 2.12. The van der Waals surface area contributed by atoms with Gasteiger partial charge in [-0.1, -0.05) is 0 Å². The van der Waals surface area contributed by atoms with E-state index in [0.29, 0.717) is 0 Å². The van der Waals surface area contributed by atoms with Gasteiger partial charge in [-0.25, -0.2) is 0 Å². The summed E-state index contributed by atoms with van der Waals surface area (Å²) in [7, 11) is -6.85. The summed E-state index contributed by atoms with van der Waals surface area (Å²) < 4.78 is 58.7. The van der Waals surface area contributed by atoms with Crippen LogP contribution in [0.2, 0.25) is 0 Å². The maximum atomic E-state index is 11.4. The summed E-state index contributed by atoms with van der Waals surface area (Å²) >= 11 is 0. The fraction of sp³-hybridized carbons (Fsp3) is 0.778. The molecule has 13 heteroatoms. The molecule has 0 aliphatic carbocycles. The summed E-state index contributed by atoms with van der Waals surface area (Å²) in [4.78, 5) is 24.1. The van der Waals surface area contributed by atoms with Crippen molar-refractivity contribution in [1.29, 1.82) is 0 Å². The molecular weight excluding hydrogens is 342 g/mol. The first-order chi connectivity index (χ1) is 9.89. The van der Waals surface area contributed by atoms with Crippen LogP contribution in [0, 0.1) is 0 Å². The molecule has 0 aliphatic rings. The van der Waals surface area contributed by atoms with Crippen LogP contribution < -0.4 is 10.6 Å². The lowest BCUT2D eigenvalue weighted by Crippen LogP contribution is -2.42. The third-order valence-corrected chi connectivity index (χ3v) is 3.63. The molecule has 0 aromatic rings. The number of nitrogens with zero attached hydrogens (tertiary/aromatic N) is 1. The highest BCUT2D eigenvalue weighted by molar-refractivity contribution is 7.86. The van der Waals surface area contributed by atoms with E-state index < -0.39 is 43.6 Å². The van der Waals surface area contributed by atoms with Gasteiger partial charge in [0, 0.05) is 13.1 Å². The normalized spacial score (nSPS) is 12.2. The van der Waals surface area contributed by atoms with Crippen LogP contribution in [0.3, 0.4) is 0 Å². The van der Waals surface area contributed by atoms with Gasteiger partial charge in [-0.15, -0.1) is 0 Å². The fourth-order valence-electron chi connectivity index (χ4n) is 1.30. The molecule has 0 aromatic carbocycles. The summed E-state index contributed by atoms with van der Waals surface area (Å²) in [6.07, 6.45) is 0. The molecule has 0 aliphatic heterocycles. The summed E-state index contributed by atoms with van der Waals surface area (Å²) in [6.45, 7) is -0.910. The Labute approximate surface area is 128 Å². The van der Waals surface area contributed by atoms with E-state index in [-0.39, 0.29) is 26.2 Å². The Hall–Kier alpha value is -1.28. The Balaban J connectivity index is 3.94. The maximum absolute atomic E-state index is 11.4. The van der Waals surface area contributed by atoms with Crippen LogP contribution in [0.4, 0.5) is 0 Å². The Morgan fingerprint density at radius 2 is 1.18 bits per heavy atom. The summed E-state index contributed by atoms with van der Waals surface area (Å²) in [6, 6.07) is 0. The van der Waals surface area contributed by atoms with Crippen molar-refractivity contribution in [3.8, 4) is 0 Å². The summed E-state index contributed by atoms with van der Waals surface area (Å²) in [5.41, 5.74) is 0. The second-order valence-corrected chi connectivity index (χ2v) is 7.59. The molecule has 130 valence electrons. The van der Waals surface area contributed by atoms with Gasteiger partial charge in [0.15, 0.2) is 0 Å². The first kappa shape index (κ1) is 20.7. The van der Waals surface area contributed by atoms with Crippen molar-refractivity contribution in [3.05, 3.63) is 0 Å². The second kappa shape index (κ2) is 8.99. The van der Waals surface area contributed by atoms with E-state index in [9.17, 15) is 26.4 Å². The summed E-state index contributed by atoms with van der Waals surface area (Å²) in [5.74, 6) is -2.31. The first-order valence-electron chi connectivity index (χ1n) is 6.01. The molecule has 0 fully saturated rings. The van der Waals surface area contributed by atoms with E-state index in [1.165, 1.54) is 11.9 Å². The molecule has 0 rings (SSSR count). The zero-order valence-corrected chi connectivity index (χ0v) is 13.5. The number of amides is 2. The predicted octanol–water partition coefficient (Wildman–Crippen LogP) is -3.07. The van der Waals surface area contributed by atoms with E-state index in [4.69, 9.17) is 9.11 Å². The van der Waals surface area contributed by atoms with E-state index in [0.717, 1.165) is 0 Å². The predicted molar refractivity (Wildman–Crippen MR) is 76.3 cm³/mol. The van der Waals surface area contributed by atoms with E-state index in [2.05, 4.69) is 10.6 Å². The number of carbonyl (C=O) groups excluding carboxylic acids is 2. The number of likely N-dealkylation sites (N-methyl/N-ethyl adjacent to an activating group) is 1.